The average Bonchev–Trinajstić information content (AvgIpc) is 0.895. The molecule has 0 rings (SSSR count). The highest BCUT2D eigenvalue weighted by Crippen LogP contribution is 2.32. The molecular weight excluding hydrogens is 2130 g/mol. The van der Waals surface area contributed by atoms with Gasteiger partial charge in [0, 0.05) is 109 Å². The van der Waals surface area contributed by atoms with E-state index in [2.05, 4.69) is 44.9 Å². The molecule has 148 heavy (non-hydrogen) atoms. The van der Waals surface area contributed by atoms with Gasteiger partial charge in [-0.15, -0.1) is 0 Å². The van der Waals surface area contributed by atoms with Crippen molar-refractivity contribution in [3.63, 3.8) is 0 Å². The molecule has 0 aliphatic heterocycles. The number of carboxylic acids is 9. The highest BCUT2D eigenvalue weighted by molar-refractivity contribution is 8.01. The van der Waals surface area contributed by atoms with Crippen molar-refractivity contribution in [1.29, 1.82) is 0 Å². The van der Waals surface area contributed by atoms with Crippen LogP contribution < -0.4 is 103 Å². The molecule has 48 nitrogen and oxygen atoms in total. The number of nitrogens with two attached hydrogens (primary N) is 18. The number of carboxylic acid groups (broad SMARTS) is 9. The van der Waals surface area contributed by atoms with Crippen LogP contribution >= 0.6 is 82.3 Å². The summed E-state index contributed by atoms with van der Waals surface area (Å²) in [5, 5.41) is 79.3. The molecule has 0 radical (unpaired) electrons. The van der Waals surface area contributed by atoms with E-state index in [0.717, 1.165) is 42.4 Å². The van der Waals surface area contributed by atoms with E-state index >= 15 is 0 Å². The smallest absolute Gasteiger partial charge is 0.390 e. The summed E-state index contributed by atoms with van der Waals surface area (Å²) in [5.41, 5.74) is 87.0. The first-order valence-electron chi connectivity index (χ1n) is 45.4. The van der Waals surface area contributed by atoms with Crippen LogP contribution in [0, 0.1) is 23.7 Å². The zero-order valence-electron chi connectivity index (χ0n) is 89.9. The van der Waals surface area contributed by atoms with Gasteiger partial charge in [0.2, 0.25) is 0 Å². The van der Waals surface area contributed by atoms with Gasteiger partial charge in [0.25, 0.3) is 0 Å². The highest BCUT2D eigenvalue weighted by Gasteiger charge is 2.43. The quantitative estimate of drug-likeness (QED) is 0.0180. The Morgan fingerprint density at radius 2 is 0.588 bits per heavy atom. The topological polar surface area (TPSA) is 967 Å². The van der Waals surface area contributed by atoms with Crippen LogP contribution in [-0.4, -0.2) is 388 Å². The van der Waals surface area contributed by atoms with Crippen molar-refractivity contribution >= 4 is 209 Å². The van der Waals surface area contributed by atoms with E-state index in [9.17, 15) is 78.4 Å². The average molecular weight is 2310 g/mol. The number of halogens is 5. The number of thioether (sulfide) groups is 7. The highest BCUT2D eigenvalue weighted by atomic mass is 32.2. The van der Waals surface area contributed by atoms with Crippen molar-refractivity contribution in [1.82, 2.24) is 0 Å². The van der Waals surface area contributed by atoms with Gasteiger partial charge in [-0.1, -0.05) is 69.2 Å². The lowest BCUT2D eigenvalue weighted by atomic mass is 9.90. The molecule has 0 aliphatic rings. The zero-order valence-corrected chi connectivity index (χ0v) is 97.3. The molecule has 62 heteroatoms. The SMILES string of the molecule is CC(N)=NCC(CC(F)(F)F)SC[C@](C)(N)C(=O)O.CC(N)=NCCS(=O)(=O)C[C@](C)(N)C(=O)O.CC(N)=NCCS(=O)C[C@](C)(N)C(=O)O.CC(N)=NCCSCC(C)(N)C(=O)O.CC(N)=NCCSC[C@](C)(N)C(=O)O.CC(N)=NCCSC[C@](N)(C(=O)O)C(C)C.CC(N)=NC[C@@H](C)SC[C@](N)(C(=O)O)C(C)C.CC(N)=NC[C@@H](CF)SC[C@](N)(C(=O)O)C(C)C.CCC(CN=C(C)N)SC[C@](N)(C(=O)O)C(C)C.F. The molecule has 0 aromatic heterocycles. The molecule has 45 N–H and O–H groups in total. The number of hydrogen-bond acceptors (Lipinski definition) is 37. The summed E-state index contributed by atoms with van der Waals surface area (Å²) in [6, 6.07) is 0. The Labute approximate surface area is 901 Å². The molecule has 0 amide bonds. The molecule has 4 unspecified atom stereocenters. The van der Waals surface area contributed by atoms with Crippen LogP contribution in [-0.2, 0) is 63.8 Å². The number of alkyl halides is 4. The summed E-state index contributed by atoms with van der Waals surface area (Å²) >= 11 is 9.51. The van der Waals surface area contributed by atoms with Crippen LogP contribution in [0.2, 0.25) is 0 Å². The minimum Gasteiger partial charge on any atom is -0.480 e. The zero-order chi connectivity index (χ0) is 118. The Balaban J connectivity index is -0.000000181. The number of carbonyl (C=O) groups is 9. The molecule has 0 aliphatic carbocycles. The van der Waals surface area contributed by atoms with Gasteiger partial charge in [-0.3, -0.25) is 97.0 Å². The molecule has 0 saturated carbocycles. The maximum Gasteiger partial charge on any atom is 0.390 e. The number of aliphatic carboxylic acids is 9. The Kier molecular flexibility index (Phi) is 87.8. The molecule has 0 fully saturated rings. The van der Waals surface area contributed by atoms with Gasteiger partial charge >= 0.3 is 59.9 Å². The van der Waals surface area contributed by atoms with Crippen molar-refractivity contribution in [2.24, 2.45) is 172 Å². The van der Waals surface area contributed by atoms with Crippen molar-refractivity contribution < 1.29 is 124 Å². The maximum atomic E-state index is 12.8. The summed E-state index contributed by atoms with van der Waals surface area (Å²) in [6.07, 6.45) is -4.50. The lowest BCUT2D eigenvalue weighted by Gasteiger charge is -2.29. The molecule has 0 heterocycles. The van der Waals surface area contributed by atoms with Gasteiger partial charge in [-0.2, -0.15) is 95.5 Å². The lowest BCUT2D eigenvalue weighted by Crippen LogP contribution is -2.55. The standard InChI is InChI=1S/C12H25N3O2S.C11H22FN3O2S.C11H23N3O2S.C10H18F3N3O2S.C10H21N3O2S.C8H17N3O4S.C8H17N3O3S.2C8H17N3O2S.FH/c1-5-10(6-15-9(4)13)18-7-12(14,8(2)3)11(16)17;1-7(2)11(14,10(16)17)6-18-9(4-12)5-15-8(3)13;1-7(2)11(13,10(15)16)6-17-8(3)5-14-9(4)12;1-6(14)16-4-7(3-10(11,12)13)19-5-9(2,15)8(17)18;1-7(2)10(12,9(14)15)6-16-5-4-13-8(3)11;1-6(9)11-3-4-16(14,15)5-8(2,10)7(12)13;1-6(9)11-3-4-15(14)5-8(2,10)7(12)13;2*1-6(9)11-3-4-14-5-8(2,10)7(12)13;/h8,10H,5-7,14H2,1-4H3,(H2,13,15)(H,16,17);7,9H,4-6,14H2,1-3H3,(H2,13,15)(H,16,17);7-8H,5-6,13H2,1-4H3,(H2,12,14)(H,15,16);7H,3-5,15H2,1-2H3,(H2,14,16)(H,17,18);7H,4-6,12H2,1-3H3,(H2,11,13)(H,14,15);3-5,10H2,1-2H3,(H2,9,11)(H,12,13);3-5,10H2,1-2H3,(H2,9,11)(H,12,13);2*3-5,10H2,1-2H3,(H2,9,11)(H,12,13);1H/t10?,12-;9-,11-;8-,11-;7?,9-;10-;8-;8-,15?;8-;;/m11101000../s1. The fourth-order valence-corrected chi connectivity index (χ4v) is 19.3. The molecule has 0 aromatic carbocycles. The van der Waals surface area contributed by atoms with E-state index in [1.807, 2.05) is 55.4 Å². The summed E-state index contributed by atoms with van der Waals surface area (Å²) < 4.78 is 84.2. The third kappa shape index (κ3) is 85.8. The number of aliphatic imine (C=N–C) groups is 9. The first kappa shape index (κ1) is 160. The second kappa shape index (κ2) is 81.1. The van der Waals surface area contributed by atoms with Gasteiger partial charge in [0.05, 0.1) is 121 Å². The largest absolute Gasteiger partial charge is 0.480 e. The van der Waals surface area contributed by atoms with Gasteiger partial charge in [-0.25, -0.2) is 12.8 Å². The van der Waals surface area contributed by atoms with E-state index in [1.54, 1.807) is 74.1 Å². The predicted octanol–water partition coefficient (Wildman–Crippen LogP) is 2.31. The van der Waals surface area contributed by atoms with Gasteiger partial charge in [0.15, 0.2) is 9.84 Å². The summed E-state index contributed by atoms with van der Waals surface area (Å²) in [4.78, 5) is 133. The van der Waals surface area contributed by atoms with E-state index < -0.39 is 160 Å². The molecule has 14 atom stereocenters. The Hall–Kier alpha value is -7.70. The summed E-state index contributed by atoms with van der Waals surface area (Å²) in [6.45, 7) is 43.0. The normalized spacial score (nSPS) is 17.1. The van der Waals surface area contributed by atoms with E-state index in [4.69, 9.17) is 144 Å². The van der Waals surface area contributed by atoms with Crippen LogP contribution in [0.25, 0.3) is 0 Å². The minimum absolute atomic E-state index is 0. The Morgan fingerprint density at radius 1 is 0.338 bits per heavy atom. The third-order valence-corrected chi connectivity index (χ3v) is 32.2. The number of nitrogens with zero attached hydrogens (tertiary/aromatic N) is 9. The van der Waals surface area contributed by atoms with Crippen LogP contribution in [0.1, 0.15) is 179 Å². The lowest BCUT2D eigenvalue weighted by molar-refractivity contribution is -0.144. The minimum atomic E-state index is -4.34. The van der Waals surface area contributed by atoms with E-state index in [1.165, 1.54) is 100 Å². The van der Waals surface area contributed by atoms with Crippen molar-refractivity contribution in [2.75, 3.05) is 146 Å². The van der Waals surface area contributed by atoms with Crippen molar-refractivity contribution in [2.45, 2.75) is 256 Å². The number of rotatable bonds is 61. The number of sulfone groups is 1. The second-order valence-electron chi connectivity index (χ2n) is 36.5. The Morgan fingerprint density at radius 3 is 0.865 bits per heavy atom. The second-order valence-corrected chi connectivity index (χ2v) is 48.9. The van der Waals surface area contributed by atoms with Gasteiger partial charge < -0.3 is 149 Å². The first-order valence-corrected chi connectivity index (χ1v) is 56.4. The fraction of sp³-hybridized carbons (Fsp3) is 0.791. The van der Waals surface area contributed by atoms with Crippen LogP contribution in [0.3, 0.4) is 0 Å². The van der Waals surface area contributed by atoms with Crippen LogP contribution in [0.15, 0.2) is 44.9 Å². The fourth-order valence-electron chi connectivity index (χ4n) is 8.52. The van der Waals surface area contributed by atoms with E-state index in [0.29, 0.717) is 109 Å². The van der Waals surface area contributed by atoms with Gasteiger partial charge in [0.1, 0.15) is 56.5 Å². The molecule has 0 aromatic rings. The molecular formula is C86H178F5N27O21S9. The number of amidine groups is 9. The Bertz CT molecular complexity index is 4200. The van der Waals surface area contributed by atoms with Gasteiger partial charge in [-0.05, 0) is 127 Å². The summed E-state index contributed by atoms with van der Waals surface area (Å²) in [7, 11) is -4.84. The molecule has 872 valence electrons. The summed E-state index contributed by atoms with van der Waals surface area (Å²) in [5.74, 6) is -2.81. The maximum absolute atomic E-state index is 12.8. The molecule has 0 spiro atoms. The monoisotopic (exact) mass is 2310 g/mol. The predicted molar refractivity (Wildman–Crippen MR) is 607 cm³/mol. The van der Waals surface area contributed by atoms with Crippen LogP contribution in [0.5, 0.6) is 0 Å². The number of hydrogen-bond donors (Lipinski definition) is 27. The third-order valence-electron chi connectivity index (χ3n) is 19.2. The van der Waals surface area contributed by atoms with Crippen LogP contribution in [0.4, 0.5) is 22.3 Å². The van der Waals surface area contributed by atoms with Crippen molar-refractivity contribution in [3.05, 3.63) is 0 Å². The van der Waals surface area contributed by atoms with Crippen molar-refractivity contribution in [3.8, 4) is 0 Å². The molecule has 0 saturated heterocycles. The molecule has 0 bridgehead atoms. The van der Waals surface area contributed by atoms with E-state index in [-0.39, 0.29) is 98.9 Å². The first-order chi connectivity index (χ1) is 66.4.